The SMILES string of the molecule is [CH-]=Cc1[c-]c(-c2c(C)ccc3ccccc23)[n+](C)cc1.[Y]. The Morgan fingerprint density at radius 2 is 1.86 bits per heavy atom. The number of hydrogen-bond acceptors (Lipinski definition) is 0. The molecule has 101 valence electrons. The van der Waals surface area contributed by atoms with Gasteiger partial charge in [-0.3, -0.25) is 5.56 Å². The number of rotatable bonds is 2. The molecule has 2 heteroatoms. The normalized spacial score (nSPS) is 10.2. The number of fused-ring (bicyclic) bond motifs is 1. The molecule has 1 radical (unpaired) electrons. The molecule has 0 N–H and O–H groups in total. The standard InChI is InChI=1S/C19H16N.Y/c1-4-15-11-12-20(3)18(13-15)19-14(2)9-10-16-7-5-6-8-17(16)19;/h1,4-12H,2-3H3;/q-1;. The summed E-state index contributed by atoms with van der Waals surface area (Å²) in [7, 11) is 2.04. The van der Waals surface area contributed by atoms with Crippen molar-refractivity contribution in [3.05, 3.63) is 72.4 Å². The van der Waals surface area contributed by atoms with Crippen LogP contribution < -0.4 is 4.57 Å². The summed E-state index contributed by atoms with van der Waals surface area (Å²) in [4.78, 5) is 0. The first-order chi connectivity index (χ1) is 9.70. The van der Waals surface area contributed by atoms with Crippen LogP contribution in [0.3, 0.4) is 0 Å². The molecule has 3 aromatic rings. The average molecular weight is 347 g/mol. The Hall–Kier alpha value is -1.31. The van der Waals surface area contributed by atoms with Crippen LogP contribution in [-0.4, -0.2) is 0 Å². The second kappa shape index (κ2) is 6.64. The Morgan fingerprint density at radius 3 is 2.62 bits per heavy atom. The molecule has 1 nitrogen and oxygen atoms in total. The summed E-state index contributed by atoms with van der Waals surface area (Å²) in [5.74, 6) is 0. The minimum absolute atomic E-state index is 0. The van der Waals surface area contributed by atoms with Crippen molar-refractivity contribution in [1.29, 1.82) is 0 Å². The molecule has 0 atom stereocenters. The van der Waals surface area contributed by atoms with Crippen LogP contribution in [0.4, 0.5) is 0 Å². The molecule has 1 heterocycles. The molecule has 0 aliphatic rings. The number of pyridine rings is 1. The van der Waals surface area contributed by atoms with E-state index in [1.807, 2.05) is 19.3 Å². The summed E-state index contributed by atoms with van der Waals surface area (Å²) in [5, 5.41) is 2.48. The molecule has 1 aromatic heterocycles. The summed E-state index contributed by atoms with van der Waals surface area (Å²) in [6.07, 6.45) is 3.61. The van der Waals surface area contributed by atoms with Gasteiger partial charge in [0, 0.05) is 32.7 Å². The number of hydrogen-bond donors (Lipinski definition) is 0. The second-order valence-electron chi connectivity index (χ2n) is 5.00. The summed E-state index contributed by atoms with van der Waals surface area (Å²) >= 11 is 0. The molecule has 0 fully saturated rings. The summed E-state index contributed by atoms with van der Waals surface area (Å²) in [6.45, 7) is 7.77. The van der Waals surface area contributed by atoms with Gasteiger partial charge in [-0.1, -0.05) is 42.0 Å². The molecule has 0 saturated carbocycles. The van der Waals surface area contributed by atoms with Gasteiger partial charge in [0.2, 0.25) is 0 Å². The maximum Gasteiger partial charge on any atom is 0.136 e. The first-order valence-corrected chi connectivity index (χ1v) is 6.66. The third-order valence-corrected chi connectivity index (χ3v) is 3.65. The molecular weight excluding hydrogens is 331 g/mol. The van der Waals surface area contributed by atoms with Crippen molar-refractivity contribution in [2.45, 2.75) is 6.92 Å². The molecule has 2 aromatic carbocycles. The van der Waals surface area contributed by atoms with Gasteiger partial charge in [0.05, 0.1) is 0 Å². The molecule has 21 heavy (non-hydrogen) atoms. The Bertz CT molecular complexity index is 806. The van der Waals surface area contributed by atoms with Crippen molar-refractivity contribution >= 4 is 16.8 Å². The third-order valence-electron chi connectivity index (χ3n) is 3.65. The molecule has 0 amide bonds. The van der Waals surface area contributed by atoms with Gasteiger partial charge in [0.15, 0.2) is 0 Å². The van der Waals surface area contributed by atoms with Crippen LogP contribution in [0.15, 0.2) is 48.7 Å². The smallest absolute Gasteiger partial charge is 0.136 e. The van der Waals surface area contributed by atoms with Gasteiger partial charge in [-0.05, 0) is 23.3 Å². The van der Waals surface area contributed by atoms with Crippen LogP contribution in [0, 0.1) is 19.6 Å². The number of benzene rings is 2. The van der Waals surface area contributed by atoms with Crippen LogP contribution in [0.2, 0.25) is 0 Å². The molecule has 0 saturated heterocycles. The molecule has 0 aliphatic carbocycles. The molecule has 3 rings (SSSR count). The van der Waals surface area contributed by atoms with E-state index in [-0.39, 0.29) is 32.7 Å². The fourth-order valence-corrected chi connectivity index (χ4v) is 2.56. The molecule has 0 aliphatic heterocycles. The van der Waals surface area contributed by atoms with Gasteiger partial charge in [-0.15, -0.1) is 0 Å². The van der Waals surface area contributed by atoms with Crippen molar-refractivity contribution in [2.75, 3.05) is 0 Å². The maximum atomic E-state index is 5.63. The van der Waals surface area contributed by atoms with Crippen LogP contribution in [0.5, 0.6) is 0 Å². The first kappa shape index (κ1) is 16.1. The molecule has 0 unspecified atom stereocenters. The Morgan fingerprint density at radius 1 is 1.10 bits per heavy atom. The van der Waals surface area contributed by atoms with E-state index in [1.165, 1.54) is 21.9 Å². The van der Waals surface area contributed by atoms with Gasteiger partial charge in [-0.2, -0.15) is 12.1 Å². The molecule has 0 bridgehead atoms. The zero-order valence-electron chi connectivity index (χ0n) is 12.3. The van der Waals surface area contributed by atoms with E-state index in [2.05, 4.69) is 54.0 Å². The number of aromatic nitrogens is 1. The van der Waals surface area contributed by atoms with Crippen LogP contribution in [0.1, 0.15) is 11.1 Å². The Labute approximate surface area is 151 Å². The Kier molecular flexibility index (Phi) is 5.08. The minimum Gasteiger partial charge on any atom is -0.344 e. The number of nitrogens with zero attached hydrogens (tertiary/aromatic N) is 1. The quantitative estimate of drug-likeness (QED) is 0.489. The average Bonchev–Trinajstić information content (AvgIpc) is 2.48. The van der Waals surface area contributed by atoms with Crippen molar-refractivity contribution in [1.82, 2.24) is 0 Å². The fraction of sp³-hybridized carbons (Fsp3) is 0.105. The van der Waals surface area contributed by atoms with Gasteiger partial charge in [-0.25, -0.2) is 4.57 Å². The predicted molar refractivity (Wildman–Crippen MR) is 82.9 cm³/mol. The van der Waals surface area contributed by atoms with Crippen LogP contribution in [0.25, 0.3) is 28.1 Å². The first-order valence-electron chi connectivity index (χ1n) is 6.66. The van der Waals surface area contributed by atoms with E-state index in [0.717, 1.165) is 11.3 Å². The van der Waals surface area contributed by atoms with E-state index < -0.39 is 0 Å². The van der Waals surface area contributed by atoms with Crippen molar-refractivity contribution in [2.24, 2.45) is 7.05 Å². The van der Waals surface area contributed by atoms with Gasteiger partial charge < -0.3 is 12.7 Å². The monoisotopic (exact) mass is 347 g/mol. The largest absolute Gasteiger partial charge is 0.344 e. The summed E-state index contributed by atoms with van der Waals surface area (Å²) in [6, 6.07) is 18.1. The number of aryl methyl sites for hydroxylation is 2. The predicted octanol–water partition coefficient (Wildman–Crippen LogP) is 3.88. The van der Waals surface area contributed by atoms with Gasteiger partial charge in [0.1, 0.15) is 18.9 Å². The van der Waals surface area contributed by atoms with Crippen LogP contribution >= 0.6 is 0 Å². The van der Waals surface area contributed by atoms with E-state index >= 15 is 0 Å². The van der Waals surface area contributed by atoms with Gasteiger partial charge >= 0.3 is 0 Å². The summed E-state index contributed by atoms with van der Waals surface area (Å²) < 4.78 is 2.09. The third kappa shape index (κ3) is 3.00. The molecular formula is C19H16NY-. The van der Waals surface area contributed by atoms with Crippen molar-refractivity contribution in [3.63, 3.8) is 0 Å². The van der Waals surface area contributed by atoms with Crippen LogP contribution in [-0.2, 0) is 39.8 Å². The fourth-order valence-electron chi connectivity index (χ4n) is 2.56. The van der Waals surface area contributed by atoms with E-state index in [1.54, 1.807) is 6.08 Å². The van der Waals surface area contributed by atoms with E-state index in [4.69, 9.17) is 6.58 Å². The topological polar surface area (TPSA) is 3.88 Å². The zero-order chi connectivity index (χ0) is 14.1. The maximum absolute atomic E-state index is 5.63. The Balaban J connectivity index is 0.00000161. The van der Waals surface area contributed by atoms with Crippen molar-refractivity contribution in [3.8, 4) is 11.3 Å². The summed E-state index contributed by atoms with van der Waals surface area (Å²) in [5.41, 5.74) is 4.42. The molecule has 0 spiro atoms. The second-order valence-corrected chi connectivity index (χ2v) is 5.00. The van der Waals surface area contributed by atoms with Gasteiger partial charge in [0.25, 0.3) is 0 Å². The minimum atomic E-state index is 0. The van der Waals surface area contributed by atoms with E-state index in [9.17, 15) is 0 Å². The van der Waals surface area contributed by atoms with Crippen molar-refractivity contribution < 1.29 is 37.3 Å². The zero-order valence-corrected chi connectivity index (χ0v) is 15.1. The van der Waals surface area contributed by atoms with E-state index in [0.29, 0.717) is 0 Å².